The standard InChI is InChI=1S/C18H28ClN3O3/c1-20-17(22-13-18(5-8-23)6-9-25-14-18)21-7-10-24-12-15-3-2-4-16(19)11-15/h2-4,11,23H,5-10,12-14H2,1H3,(H2,20,21,22). The average Bonchev–Trinajstić information content (AvgIpc) is 3.06. The van der Waals surface area contributed by atoms with E-state index < -0.39 is 0 Å². The number of aliphatic hydroxyl groups excluding tert-OH is 1. The van der Waals surface area contributed by atoms with Gasteiger partial charge in [-0.3, -0.25) is 4.99 Å². The fourth-order valence-corrected chi connectivity index (χ4v) is 3.07. The molecule has 0 bridgehead atoms. The van der Waals surface area contributed by atoms with E-state index >= 15 is 0 Å². The number of hydrogen-bond acceptors (Lipinski definition) is 4. The van der Waals surface area contributed by atoms with Crippen LogP contribution in [0.25, 0.3) is 0 Å². The Balaban J connectivity index is 1.65. The van der Waals surface area contributed by atoms with Gasteiger partial charge in [-0.2, -0.15) is 0 Å². The summed E-state index contributed by atoms with van der Waals surface area (Å²) in [6, 6.07) is 7.66. The van der Waals surface area contributed by atoms with Crippen molar-refractivity contribution in [3.8, 4) is 0 Å². The lowest BCUT2D eigenvalue weighted by molar-refractivity contribution is 0.124. The van der Waals surface area contributed by atoms with E-state index in [0.717, 1.165) is 42.5 Å². The molecule has 6 nitrogen and oxygen atoms in total. The fourth-order valence-electron chi connectivity index (χ4n) is 2.86. The lowest BCUT2D eigenvalue weighted by atomic mass is 9.84. The van der Waals surface area contributed by atoms with Gasteiger partial charge in [0.05, 0.1) is 19.8 Å². The van der Waals surface area contributed by atoms with Crippen LogP contribution in [-0.2, 0) is 16.1 Å². The Labute approximate surface area is 154 Å². The second-order valence-electron chi connectivity index (χ2n) is 6.31. The Morgan fingerprint density at radius 1 is 1.44 bits per heavy atom. The van der Waals surface area contributed by atoms with E-state index in [1.54, 1.807) is 7.05 Å². The maximum absolute atomic E-state index is 9.27. The fraction of sp³-hybridized carbons (Fsp3) is 0.611. The van der Waals surface area contributed by atoms with E-state index in [2.05, 4.69) is 15.6 Å². The molecule has 0 spiro atoms. The van der Waals surface area contributed by atoms with Gasteiger partial charge in [0.1, 0.15) is 0 Å². The van der Waals surface area contributed by atoms with Crippen LogP contribution in [0.5, 0.6) is 0 Å². The van der Waals surface area contributed by atoms with Crippen molar-refractivity contribution < 1.29 is 14.6 Å². The molecule has 1 aromatic carbocycles. The summed E-state index contributed by atoms with van der Waals surface area (Å²) >= 11 is 5.95. The number of ether oxygens (including phenoxy) is 2. The third kappa shape index (κ3) is 6.82. The van der Waals surface area contributed by atoms with Crippen LogP contribution < -0.4 is 10.6 Å². The summed E-state index contributed by atoms with van der Waals surface area (Å²) < 4.78 is 11.2. The molecular formula is C18H28ClN3O3. The highest BCUT2D eigenvalue weighted by Gasteiger charge is 2.34. The van der Waals surface area contributed by atoms with Crippen LogP contribution in [0.15, 0.2) is 29.3 Å². The van der Waals surface area contributed by atoms with Gasteiger partial charge >= 0.3 is 0 Å². The smallest absolute Gasteiger partial charge is 0.191 e. The molecule has 0 aromatic heterocycles. The minimum absolute atomic E-state index is 0.00452. The number of aliphatic imine (C=N–C) groups is 1. The molecule has 140 valence electrons. The Hall–Kier alpha value is -1.34. The van der Waals surface area contributed by atoms with Crippen LogP contribution in [0, 0.1) is 5.41 Å². The molecule has 3 N–H and O–H groups in total. The van der Waals surface area contributed by atoms with Crippen LogP contribution in [0.2, 0.25) is 5.02 Å². The molecule has 0 aliphatic carbocycles. The van der Waals surface area contributed by atoms with E-state index in [9.17, 15) is 5.11 Å². The normalized spacial score (nSPS) is 20.7. The first-order valence-corrected chi connectivity index (χ1v) is 9.00. The molecule has 1 aliphatic rings. The lowest BCUT2D eigenvalue weighted by Gasteiger charge is -2.27. The highest BCUT2D eigenvalue weighted by molar-refractivity contribution is 6.30. The molecule has 0 radical (unpaired) electrons. The van der Waals surface area contributed by atoms with Gasteiger partial charge < -0.3 is 25.2 Å². The zero-order valence-electron chi connectivity index (χ0n) is 14.8. The molecule has 1 heterocycles. The highest BCUT2D eigenvalue weighted by atomic mass is 35.5. The molecule has 7 heteroatoms. The number of hydrogen-bond donors (Lipinski definition) is 3. The molecule has 25 heavy (non-hydrogen) atoms. The highest BCUT2D eigenvalue weighted by Crippen LogP contribution is 2.31. The van der Waals surface area contributed by atoms with Crippen LogP contribution in [0.3, 0.4) is 0 Å². The maximum atomic E-state index is 9.27. The van der Waals surface area contributed by atoms with Gasteiger partial charge in [-0.15, -0.1) is 0 Å². The summed E-state index contributed by atoms with van der Waals surface area (Å²) in [4.78, 5) is 4.23. The van der Waals surface area contributed by atoms with Crippen molar-refractivity contribution in [1.82, 2.24) is 10.6 Å². The zero-order valence-corrected chi connectivity index (χ0v) is 15.5. The molecule has 1 atom stereocenters. The van der Waals surface area contributed by atoms with E-state index in [1.165, 1.54) is 0 Å². The molecule has 2 rings (SSSR count). The minimum atomic E-state index is -0.00452. The summed E-state index contributed by atoms with van der Waals surface area (Å²) in [5, 5.41) is 16.6. The van der Waals surface area contributed by atoms with Crippen LogP contribution >= 0.6 is 11.6 Å². The largest absolute Gasteiger partial charge is 0.396 e. The average molecular weight is 370 g/mol. The Morgan fingerprint density at radius 3 is 3.00 bits per heavy atom. The predicted molar refractivity (Wildman–Crippen MR) is 100 cm³/mol. The number of rotatable bonds is 9. The number of guanidine groups is 1. The van der Waals surface area contributed by atoms with Crippen molar-refractivity contribution in [1.29, 1.82) is 0 Å². The quantitative estimate of drug-likeness (QED) is 0.351. The molecule has 1 aliphatic heterocycles. The Bertz CT molecular complexity index is 548. The van der Waals surface area contributed by atoms with Crippen LogP contribution in [0.4, 0.5) is 0 Å². The van der Waals surface area contributed by atoms with Gasteiger partial charge in [0.15, 0.2) is 5.96 Å². The van der Waals surface area contributed by atoms with Gasteiger partial charge in [0.2, 0.25) is 0 Å². The topological polar surface area (TPSA) is 75.1 Å². The van der Waals surface area contributed by atoms with Gasteiger partial charge in [0.25, 0.3) is 0 Å². The summed E-state index contributed by atoms with van der Waals surface area (Å²) in [5.41, 5.74) is 1.05. The third-order valence-corrected chi connectivity index (χ3v) is 4.61. The second kappa shape index (κ2) is 10.6. The van der Waals surface area contributed by atoms with E-state index in [0.29, 0.717) is 26.4 Å². The monoisotopic (exact) mass is 369 g/mol. The first-order chi connectivity index (χ1) is 12.2. The maximum Gasteiger partial charge on any atom is 0.191 e. The van der Waals surface area contributed by atoms with E-state index in [4.69, 9.17) is 21.1 Å². The van der Waals surface area contributed by atoms with E-state index in [1.807, 2.05) is 24.3 Å². The second-order valence-corrected chi connectivity index (χ2v) is 6.75. The van der Waals surface area contributed by atoms with Gasteiger partial charge in [-0.1, -0.05) is 23.7 Å². The lowest BCUT2D eigenvalue weighted by Crippen LogP contribution is -2.45. The van der Waals surface area contributed by atoms with Crippen molar-refractivity contribution in [2.45, 2.75) is 19.4 Å². The predicted octanol–water partition coefficient (Wildman–Crippen LogP) is 1.81. The zero-order chi connectivity index (χ0) is 18.0. The van der Waals surface area contributed by atoms with Gasteiger partial charge in [-0.05, 0) is 30.5 Å². The van der Waals surface area contributed by atoms with Crippen molar-refractivity contribution in [3.63, 3.8) is 0 Å². The summed E-state index contributed by atoms with van der Waals surface area (Å²) in [5.74, 6) is 0.732. The number of nitrogens with zero attached hydrogens (tertiary/aromatic N) is 1. The minimum Gasteiger partial charge on any atom is -0.396 e. The number of benzene rings is 1. The van der Waals surface area contributed by atoms with Crippen molar-refractivity contribution in [2.24, 2.45) is 10.4 Å². The van der Waals surface area contributed by atoms with E-state index in [-0.39, 0.29) is 12.0 Å². The van der Waals surface area contributed by atoms with Crippen molar-refractivity contribution in [3.05, 3.63) is 34.9 Å². The molecule has 1 saturated heterocycles. The van der Waals surface area contributed by atoms with Crippen molar-refractivity contribution in [2.75, 3.05) is 46.6 Å². The first kappa shape index (κ1) is 20.0. The Kier molecular flexibility index (Phi) is 8.48. The van der Waals surface area contributed by atoms with Crippen LogP contribution in [-0.4, -0.2) is 57.6 Å². The summed E-state index contributed by atoms with van der Waals surface area (Å²) in [6.45, 7) is 4.10. The van der Waals surface area contributed by atoms with Gasteiger partial charge in [-0.25, -0.2) is 0 Å². The molecule has 1 aromatic rings. The van der Waals surface area contributed by atoms with Crippen molar-refractivity contribution >= 4 is 17.6 Å². The molecule has 1 fully saturated rings. The number of aliphatic hydroxyl groups is 1. The number of nitrogens with one attached hydrogen (secondary N) is 2. The SMILES string of the molecule is CN=C(NCCOCc1cccc(Cl)c1)NCC1(CCO)CCOC1. The third-order valence-electron chi connectivity index (χ3n) is 4.38. The van der Waals surface area contributed by atoms with Crippen LogP contribution in [0.1, 0.15) is 18.4 Å². The summed E-state index contributed by atoms with van der Waals surface area (Å²) in [6.07, 6.45) is 1.69. The molecule has 0 amide bonds. The Morgan fingerprint density at radius 2 is 2.32 bits per heavy atom. The first-order valence-electron chi connectivity index (χ1n) is 8.63. The molecule has 0 saturated carbocycles. The van der Waals surface area contributed by atoms with Gasteiger partial charge in [0, 0.05) is 43.8 Å². The number of halogens is 1. The molecule has 1 unspecified atom stereocenters. The molecular weight excluding hydrogens is 342 g/mol. The summed E-state index contributed by atoms with van der Waals surface area (Å²) in [7, 11) is 1.74.